The molecule has 3 aromatic rings. The van der Waals surface area contributed by atoms with Crippen LogP contribution in [0.15, 0.2) is 42.0 Å². The standard InChI is InChI=1S/C23H26N6O2/c1-5-19(30)27-8-10-28(11-9-27)22-17-12-15(3)29(23(31)20(17)25-13-26-22)21-14(2)6-7-18(24)16(21)4/h5-7,12-13H,1,8-11,24H2,2-4H3. The van der Waals surface area contributed by atoms with Gasteiger partial charge in [0.1, 0.15) is 17.7 Å². The van der Waals surface area contributed by atoms with E-state index < -0.39 is 0 Å². The van der Waals surface area contributed by atoms with Gasteiger partial charge in [0, 0.05) is 37.6 Å². The van der Waals surface area contributed by atoms with Gasteiger partial charge in [-0.25, -0.2) is 9.97 Å². The zero-order valence-corrected chi connectivity index (χ0v) is 18.1. The molecule has 0 radical (unpaired) electrons. The Bertz CT molecular complexity index is 1260. The molecule has 0 atom stereocenters. The summed E-state index contributed by atoms with van der Waals surface area (Å²) in [5.41, 5.74) is 10.3. The van der Waals surface area contributed by atoms with Crippen LogP contribution in [0.3, 0.4) is 0 Å². The third-order valence-electron chi connectivity index (χ3n) is 5.94. The Morgan fingerprint density at radius 1 is 1.13 bits per heavy atom. The molecule has 1 saturated heterocycles. The molecule has 4 rings (SSSR count). The number of nitrogens with zero attached hydrogens (tertiary/aromatic N) is 5. The van der Waals surface area contributed by atoms with E-state index in [1.165, 1.54) is 12.4 Å². The van der Waals surface area contributed by atoms with Gasteiger partial charge in [0.25, 0.3) is 5.56 Å². The van der Waals surface area contributed by atoms with E-state index in [2.05, 4.69) is 21.4 Å². The number of anilines is 2. The first-order chi connectivity index (χ1) is 14.8. The summed E-state index contributed by atoms with van der Waals surface area (Å²) >= 11 is 0. The van der Waals surface area contributed by atoms with E-state index in [0.29, 0.717) is 48.6 Å². The molecular weight excluding hydrogens is 392 g/mol. The molecule has 0 spiro atoms. The fourth-order valence-corrected chi connectivity index (χ4v) is 4.22. The van der Waals surface area contributed by atoms with Crippen LogP contribution in [0.1, 0.15) is 16.8 Å². The highest BCUT2D eigenvalue weighted by molar-refractivity contribution is 5.90. The minimum atomic E-state index is -0.198. The van der Waals surface area contributed by atoms with Gasteiger partial charge >= 0.3 is 0 Å². The summed E-state index contributed by atoms with van der Waals surface area (Å²) in [5.74, 6) is 0.642. The summed E-state index contributed by atoms with van der Waals surface area (Å²) in [5, 5.41) is 0.712. The van der Waals surface area contributed by atoms with Crippen molar-refractivity contribution in [3.05, 3.63) is 64.4 Å². The summed E-state index contributed by atoms with van der Waals surface area (Å²) in [7, 11) is 0. The average molecular weight is 419 g/mol. The van der Waals surface area contributed by atoms with Crippen molar-refractivity contribution in [3.8, 4) is 5.69 Å². The van der Waals surface area contributed by atoms with Crippen LogP contribution in [0.2, 0.25) is 0 Å². The van der Waals surface area contributed by atoms with Crippen LogP contribution in [-0.2, 0) is 4.79 Å². The second-order valence-corrected chi connectivity index (χ2v) is 7.85. The number of aryl methyl sites for hydroxylation is 2. The van der Waals surface area contributed by atoms with Crippen molar-refractivity contribution in [3.63, 3.8) is 0 Å². The molecule has 1 fully saturated rings. The largest absolute Gasteiger partial charge is 0.398 e. The van der Waals surface area contributed by atoms with Gasteiger partial charge in [-0.05, 0) is 50.1 Å². The zero-order chi connectivity index (χ0) is 22.3. The van der Waals surface area contributed by atoms with Gasteiger partial charge in [-0.15, -0.1) is 0 Å². The monoisotopic (exact) mass is 418 g/mol. The highest BCUT2D eigenvalue weighted by Crippen LogP contribution is 2.28. The zero-order valence-electron chi connectivity index (χ0n) is 18.1. The number of amides is 1. The highest BCUT2D eigenvalue weighted by Gasteiger charge is 2.23. The van der Waals surface area contributed by atoms with Crippen LogP contribution >= 0.6 is 0 Å². The predicted molar refractivity (Wildman–Crippen MR) is 123 cm³/mol. The minimum Gasteiger partial charge on any atom is -0.398 e. The molecule has 1 amide bonds. The number of fused-ring (bicyclic) bond motifs is 1. The van der Waals surface area contributed by atoms with Crippen LogP contribution in [0.25, 0.3) is 16.6 Å². The number of piperazine rings is 1. The Labute approximate surface area is 180 Å². The molecule has 1 aliphatic rings. The number of aromatic nitrogens is 3. The number of benzene rings is 1. The summed E-state index contributed by atoms with van der Waals surface area (Å²) in [6, 6.07) is 5.73. The van der Waals surface area contributed by atoms with Crippen molar-refractivity contribution < 1.29 is 4.79 Å². The van der Waals surface area contributed by atoms with Gasteiger partial charge in [-0.1, -0.05) is 12.6 Å². The number of nitrogens with two attached hydrogens (primary N) is 1. The van der Waals surface area contributed by atoms with E-state index in [9.17, 15) is 9.59 Å². The third kappa shape index (κ3) is 3.43. The fraction of sp³-hybridized carbons (Fsp3) is 0.304. The van der Waals surface area contributed by atoms with E-state index in [1.807, 2.05) is 39.0 Å². The Balaban J connectivity index is 1.82. The van der Waals surface area contributed by atoms with Gasteiger partial charge in [0.15, 0.2) is 0 Å². The highest BCUT2D eigenvalue weighted by atomic mass is 16.2. The Morgan fingerprint density at radius 2 is 1.84 bits per heavy atom. The second kappa shape index (κ2) is 7.86. The van der Waals surface area contributed by atoms with Crippen molar-refractivity contribution >= 4 is 28.3 Å². The summed E-state index contributed by atoms with van der Waals surface area (Å²) < 4.78 is 1.68. The lowest BCUT2D eigenvalue weighted by molar-refractivity contribution is -0.126. The average Bonchev–Trinajstić information content (AvgIpc) is 2.78. The van der Waals surface area contributed by atoms with E-state index in [1.54, 1.807) is 9.47 Å². The number of hydrogen-bond acceptors (Lipinski definition) is 6. The topological polar surface area (TPSA) is 97.4 Å². The van der Waals surface area contributed by atoms with Crippen LogP contribution in [-0.4, -0.2) is 51.5 Å². The van der Waals surface area contributed by atoms with E-state index >= 15 is 0 Å². The molecule has 0 saturated carbocycles. The van der Waals surface area contributed by atoms with Crippen molar-refractivity contribution in [1.82, 2.24) is 19.4 Å². The quantitative estimate of drug-likeness (QED) is 0.517. The molecule has 1 aliphatic heterocycles. The number of nitrogen functional groups attached to an aromatic ring is 1. The number of carbonyl (C=O) groups excluding carboxylic acids is 1. The van der Waals surface area contributed by atoms with Crippen LogP contribution < -0.4 is 16.2 Å². The smallest absolute Gasteiger partial charge is 0.282 e. The lowest BCUT2D eigenvalue weighted by Gasteiger charge is -2.35. The first-order valence-corrected chi connectivity index (χ1v) is 10.2. The maximum atomic E-state index is 13.5. The number of hydrogen-bond donors (Lipinski definition) is 1. The number of carbonyl (C=O) groups is 1. The van der Waals surface area contributed by atoms with Crippen molar-refractivity contribution in [2.24, 2.45) is 0 Å². The maximum absolute atomic E-state index is 13.5. The van der Waals surface area contributed by atoms with Gasteiger partial charge < -0.3 is 15.5 Å². The Hall–Kier alpha value is -3.68. The SMILES string of the molecule is C=CC(=O)N1CCN(c2ncnc3c(=O)n(-c4c(C)ccc(N)c4C)c(C)cc23)CC1. The molecule has 8 nitrogen and oxygen atoms in total. The molecule has 31 heavy (non-hydrogen) atoms. The van der Waals surface area contributed by atoms with Crippen molar-refractivity contribution in [2.45, 2.75) is 20.8 Å². The maximum Gasteiger partial charge on any atom is 0.282 e. The van der Waals surface area contributed by atoms with E-state index in [0.717, 1.165) is 22.5 Å². The fourth-order valence-electron chi connectivity index (χ4n) is 4.22. The van der Waals surface area contributed by atoms with Crippen LogP contribution in [0.5, 0.6) is 0 Å². The second-order valence-electron chi connectivity index (χ2n) is 7.85. The third-order valence-corrected chi connectivity index (χ3v) is 5.94. The molecule has 8 heteroatoms. The lowest BCUT2D eigenvalue weighted by Crippen LogP contribution is -2.48. The van der Waals surface area contributed by atoms with Crippen molar-refractivity contribution in [1.29, 1.82) is 0 Å². The number of pyridine rings is 1. The molecule has 0 bridgehead atoms. The van der Waals surface area contributed by atoms with E-state index in [-0.39, 0.29) is 11.5 Å². The lowest BCUT2D eigenvalue weighted by atomic mass is 10.1. The molecule has 1 aromatic carbocycles. The molecule has 160 valence electrons. The molecule has 2 aromatic heterocycles. The number of rotatable bonds is 3. The van der Waals surface area contributed by atoms with E-state index in [4.69, 9.17) is 5.73 Å². The molecular formula is C23H26N6O2. The first kappa shape index (κ1) is 20.6. The van der Waals surface area contributed by atoms with Crippen molar-refractivity contribution in [2.75, 3.05) is 36.8 Å². The Morgan fingerprint density at radius 3 is 2.52 bits per heavy atom. The predicted octanol–water partition coefficient (Wildman–Crippen LogP) is 2.12. The minimum absolute atomic E-state index is 0.0706. The summed E-state index contributed by atoms with van der Waals surface area (Å²) in [6.07, 6.45) is 2.76. The molecule has 2 N–H and O–H groups in total. The molecule has 3 heterocycles. The van der Waals surface area contributed by atoms with Crippen LogP contribution in [0, 0.1) is 20.8 Å². The summed E-state index contributed by atoms with van der Waals surface area (Å²) in [6.45, 7) is 11.7. The van der Waals surface area contributed by atoms with Gasteiger partial charge in [0.2, 0.25) is 5.91 Å². The molecule has 0 unspecified atom stereocenters. The Kier molecular flexibility index (Phi) is 5.22. The van der Waals surface area contributed by atoms with Crippen LogP contribution in [0.4, 0.5) is 11.5 Å². The summed E-state index contributed by atoms with van der Waals surface area (Å²) in [4.78, 5) is 38.1. The first-order valence-electron chi connectivity index (χ1n) is 10.2. The van der Waals surface area contributed by atoms with Gasteiger partial charge in [0.05, 0.1) is 11.1 Å². The van der Waals surface area contributed by atoms with Gasteiger partial charge in [-0.2, -0.15) is 0 Å². The molecule has 0 aliphatic carbocycles. The van der Waals surface area contributed by atoms with Gasteiger partial charge in [-0.3, -0.25) is 14.2 Å². The normalized spacial score (nSPS) is 14.2.